The van der Waals surface area contributed by atoms with E-state index in [1.165, 1.54) is 0 Å². The van der Waals surface area contributed by atoms with E-state index in [4.69, 9.17) is 5.73 Å². The van der Waals surface area contributed by atoms with Crippen LogP contribution in [0.25, 0.3) is 0 Å². The molecule has 0 saturated carbocycles. The molecule has 0 aromatic carbocycles. The number of sulfonamides is 1. The maximum absolute atomic E-state index is 12.2. The van der Waals surface area contributed by atoms with Crippen molar-refractivity contribution in [2.75, 3.05) is 11.5 Å². The maximum atomic E-state index is 12.2. The highest BCUT2D eigenvalue weighted by Gasteiger charge is 2.26. The second-order valence-electron chi connectivity index (χ2n) is 4.34. The minimum Gasteiger partial charge on any atom is -0.326 e. The fourth-order valence-corrected chi connectivity index (χ4v) is 4.60. The van der Waals surface area contributed by atoms with Crippen LogP contribution in [0.3, 0.4) is 0 Å². The van der Waals surface area contributed by atoms with Crippen molar-refractivity contribution in [3.8, 4) is 0 Å². The van der Waals surface area contributed by atoms with Gasteiger partial charge in [-0.05, 0) is 31.3 Å². The topological polar surface area (TPSA) is 101 Å². The van der Waals surface area contributed by atoms with E-state index < -0.39 is 10.0 Å². The van der Waals surface area contributed by atoms with Crippen LogP contribution < -0.4 is 10.5 Å². The Hall–Kier alpha value is -0.570. The van der Waals surface area contributed by atoms with Gasteiger partial charge in [-0.2, -0.15) is 16.9 Å². The van der Waals surface area contributed by atoms with Crippen LogP contribution in [-0.4, -0.2) is 36.2 Å². The van der Waals surface area contributed by atoms with Crippen LogP contribution in [0.4, 0.5) is 0 Å². The average Bonchev–Trinajstić information content (AvgIpc) is 2.72. The molecule has 2 rings (SSSR count). The van der Waals surface area contributed by atoms with Gasteiger partial charge in [0, 0.05) is 23.8 Å². The molecular formula is C10H18N4O2S2. The van der Waals surface area contributed by atoms with Gasteiger partial charge in [0.05, 0.1) is 0 Å². The van der Waals surface area contributed by atoms with Crippen molar-refractivity contribution in [2.24, 2.45) is 5.73 Å². The van der Waals surface area contributed by atoms with Gasteiger partial charge in [-0.1, -0.05) is 0 Å². The summed E-state index contributed by atoms with van der Waals surface area (Å²) >= 11 is 1.86. The van der Waals surface area contributed by atoms with Crippen molar-refractivity contribution in [3.05, 3.63) is 11.3 Å². The van der Waals surface area contributed by atoms with Crippen LogP contribution in [-0.2, 0) is 16.6 Å². The van der Waals surface area contributed by atoms with E-state index >= 15 is 0 Å². The third kappa shape index (κ3) is 2.87. The molecule has 4 N–H and O–H groups in total. The van der Waals surface area contributed by atoms with E-state index in [-0.39, 0.29) is 17.6 Å². The number of hydrogen-bond acceptors (Lipinski definition) is 5. The molecule has 0 bridgehead atoms. The lowest BCUT2D eigenvalue weighted by molar-refractivity contribution is 0.525. The van der Waals surface area contributed by atoms with Crippen molar-refractivity contribution >= 4 is 21.8 Å². The second-order valence-corrected chi connectivity index (χ2v) is 7.20. The van der Waals surface area contributed by atoms with E-state index in [9.17, 15) is 8.42 Å². The summed E-state index contributed by atoms with van der Waals surface area (Å²) in [6.45, 7) is 1.94. The van der Waals surface area contributed by atoms with Crippen LogP contribution in [0.5, 0.6) is 0 Å². The molecule has 18 heavy (non-hydrogen) atoms. The smallest absolute Gasteiger partial charge is 0.260 e. The van der Waals surface area contributed by atoms with Gasteiger partial charge in [-0.25, -0.2) is 13.1 Å². The lowest BCUT2D eigenvalue weighted by Gasteiger charge is -2.22. The Bertz CT molecular complexity index is 506. The predicted octanol–water partition coefficient (Wildman–Crippen LogP) is 0.351. The molecule has 2 heterocycles. The lowest BCUT2D eigenvalue weighted by Crippen LogP contribution is -2.37. The summed E-state index contributed by atoms with van der Waals surface area (Å²) in [5.74, 6) is 1.99. The monoisotopic (exact) mass is 290 g/mol. The molecule has 0 amide bonds. The number of nitrogens with zero attached hydrogens (tertiary/aromatic N) is 1. The first-order valence-corrected chi connectivity index (χ1v) is 8.52. The van der Waals surface area contributed by atoms with Gasteiger partial charge >= 0.3 is 0 Å². The van der Waals surface area contributed by atoms with Gasteiger partial charge in [-0.15, -0.1) is 0 Å². The summed E-state index contributed by atoms with van der Waals surface area (Å²) in [4.78, 5) is 0. The fourth-order valence-electron chi connectivity index (χ4n) is 1.98. The average molecular weight is 290 g/mol. The molecule has 102 valence electrons. The summed E-state index contributed by atoms with van der Waals surface area (Å²) in [6.07, 6.45) is 1.73. The minimum absolute atomic E-state index is 0.0129. The number of aromatic amines is 1. The van der Waals surface area contributed by atoms with E-state index in [0.717, 1.165) is 24.3 Å². The second kappa shape index (κ2) is 5.60. The SMILES string of the molecule is Cc1[nH]nc(S(=O)(=O)NC2CCSCC2)c1CN. The Morgan fingerprint density at radius 1 is 1.50 bits per heavy atom. The molecule has 0 aliphatic carbocycles. The zero-order chi connectivity index (χ0) is 13.2. The quantitative estimate of drug-likeness (QED) is 0.743. The number of thioether (sulfide) groups is 1. The largest absolute Gasteiger partial charge is 0.326 e. The molecular weight excluding hydrogens is 272 g/mol. The van der Waals surface area contributed by atoms with Gasteiger partial charge in [0.15, 0.2) is 5.03 Å². The Balaban J connectivity index is 2.19. The minimum atomic E-state index is -3.56. The fraction of sp³-hybridized carbons (Fsp3) is 0.700. The Kier molecular flexibility index (Phi) is 4.31. The number of aryl methyl sites for hydroxylation is 1. The number of hydrogen-bond donors (Lipinski definition) is 3. The van der Waals surface area contributed by atoms with Crippen LogP contribution in [0.2, 0.25) is 0 Å². The first kappa shape index (κ1) is 13.9. The van der Waals surface area contributed by atoms with Crippen molar-refractivity contribution < 1.29 is 8.42 Å². The molecule has 1 aliphatic heterocycles. The summed E-state index contributed by atoms with van der Waals surface area (Å²) in [5, 5.41) is 6.58. The maximum Gasteiger partial charge on any atom is 0.260 e. The van der Waals surface area contributed by atoms with Gasteiger partial charge < -0.3 is 5.73 Å². The van der Waals surface area contributed by atoms with Gasteiger partial charge in [0.25, 0.3) is 10.0 Å². The molecule has 0 unspecified atom stereocenters. The van der Waals surface area contributed by atoms with Gasteiger partial charge in [-0.3, -0.25) is 5.10 Å². The van der Waals surface area contributed by atoms with Crippen molar-refractivity contribution in [1.29, 1.82) is 0 Å². The molecule has 1 aromatic rings. The lowest BCUT2D eigenvalue weighted by atomic mass is 10.2. The zero-order valence-electron chi connectivity index (χ0n) is 10.3. The Morgan fingerprint density at radius 2 is 2.17 bits per heavy atom. The van der Waals surface area contributed by atoms with Crippen LogP contribution in [0.15, 0.2) is 5.03 Å². The molecule has 6 nitrogen and oxygen atoms in total. The molecule has 1 aliphatic rings. The zero-order valence-corrected chi connectivity index (χ0v) is 11.9. The number of aromatic nitrogens is 2. The number of nitrogens with two attached hydrogens (primary N) is 1. The summed E-state index contributed by atoms with van der Waals surface area (Å²) in [7, 11) is -3.56. The van der Waals surface area contributed by atoms with Crippen molar-refractivity contribution in [1.82, 2.24) is 14.9 Å². The summed E-state index contributed by atoms with van der Waals surface area (Å²) in [5.41, 5.74) is 6.84. The normalized spacial score (nSPS) is 18.1. The molecule has 0 radical (unpaired) electrons. The highest BCUT2D eigenvalue weighted by Crippen LogP contribution is 2.20. The van der Waals surface area contributed by atoms with E-state index in [1.54, 1.807) is 6.92 Å². The molecule has 0 atom stereocenters. The Morgan fingerprint density at radius 3 is 2.78 bits per heavy atom. The summed E-state index contributed by atoms with van der Waals surface area (Å²) < 4.78 is 27.2. The number of rotatable bonds is 4. The van der Waals surface area contributed by atoms with Crippen molar-refractivity contribution in [2.45, 2.75) is 37.4 Å². The van der Waals surface area contributed by atoms with Crippen molar-refractivity contribution in [3.63, 3.8) is 0 Å². The molecule has 0 spiro atoms. The molecule has 8 heteroatoms. The standard InChI is InChI=1S/C10H18N4O2S2/c1-7-9(6-11)10(13-12-7)18(15,16)14-8-2-4-17-5-3-8/h8,14H,2-6,11H2,1H3,(H,12,13). The van der Waals surface area contributed by atoms with E-state index in [2.05, 4.69) is 14.9 Å². The molecule has 1 aromatic heterocycles. The number of nitrogens with one attached hydrogen (secondary N) is 2. The Labute approximate surface area is 111 Å². The van der Waals surface area contributed by atoms with Crippen LogP contribution >= 0.6 is 11.8 Å². The van der Waals surface area contributed by atoms with E-state index in [0.29, 0.717) is 11.3 Å². The van der Waals surface area contributed by atoms with Gasteiger partial charge in [0.1, 0.15) is 0 Å². The number of H-pyrrole nitrogens is 1. The molecule has 1 fully saturated rings. The van der Waals surface area contributed by atoms with Gasteiger partial charge in [0.2, 0.25) is 0 Å². The highest BCUT2D eigenvalue weighted by atomic mass is 32.2. The first-order valence-electron chi connectivity index (χ1n) is 5.88. The first-order chi connectivity index (χ1) is 8.54. The summed E-state index contributed by atoms with van der Waals surface area (Å²) in [6, 6.07) is 0.0129. The molecule has 1 saturated heterocycles. The highest BCUT2D eigenvalue weighted by molar-refractivity contribution is 7.99. The van der Waals surface area contributed by atoms with E-state index in [1.807, 2.05) is 11.8 Å². The van der Waals surface area contributed by atoms with Crippen LogP contribution in [0.1, 0.15) is 24.1 Å². The third-order valence-corrected chi connectivity index (χ3v) is 5.58. The predicted molar refractivity (Wildman–Crippen MR) is 71.9 cm³/mol. The van der Waals surface area contributed by atoms with Crippen LogP contribution in [0, 0.1) is 6.92 Å². The third-order valence-electron chi connectivity index (χ3n) is 3.04.